The molecule has 1 amide bonds. The van der Waals surface area contributed by atoms with E-state index in [4.69, 9.17) is 10.5 Å². The molecule has 4 nitrogen and oxygen atoms in total. The van der Waals surface area contributed by atoms with Gasteiger partial charge in [0.05, 0.1) is 5.60 Å². The number of hydrogen-bond acceptors (Lipinski definition) is 3. The van der Waals surface area contributed by atoms with Crippen LogP contribution in [-0.4, -0.2) is 18.1 Å². The second-order valence-corrected chi connectivity index (χ2v) is 5.24. The molecule has 0 unspecified atom stereocenters. The van der Waals surface area contributed by atoms with Crippen LogP contribution in [0.2, 0.25) is 0 Å². The van der Waals surface area contributed by atoms with Crippen molar-refractivity contribution < 1.29 is 9.53 Å². The molecule has 0 aliphatic rings. The van der Waals surface area contributed by atoms with Gasteiger partial charge in [0, 0.05) is 24.4 Å². The van der Waals surface area contributed by atoms with E-state index in [1.54, 1.807) is 12.1 Å². The Balaban J connectivity index is 2.25. The number of hydrogen-bond donors (Lipinski definition) is 2. The fraction of sp³-hybridized carbons (Fsp3) is 0.533. The van der Waals surface area contributed by atoms with Crippen LogP contribution in [0.15, 0.2) is 24.3 Å². The Morgan fingerprint density at radius 1 is 1.42 bits per heavy atom. The lowest BCUT2D eigenvalue weighted by Crippen LogP contribution is -2.24. The molecule has 0 saturated carbocycles. The number of amides is 1. The zero-order valence-corrected chi connectivity index (χ0v) is 12.0. The van der Waals surface area contributed by atoms with Crippen LogP contribution in [0.25, 0.3) is 0 Å². The largest absolute Gasteiger partial charge is 0.399 e. The lowest BCUT2D eigenvalue weighted by atomic mass is 10.1. The van der Waals surface area contributed by atoms with E-state index in [1.165, 1.54) is 0 Å². The second-order valence-electron chi connectivity index (χ2n) is 5.24. The van der Waals surface area contributed by atoms with Gasteiger partial charge >= 0.3 is 0 Å². The standard InChI is InChI=1S/C15H24N2O2/c1-4-15(2,3)19-10-6-9-14(18)17-13-8-5-7-12(16)11-13/h5,7-8,11H,4,6,9-10,16H2,1-3H3,(H,17,18). The fourth-order valence-electron chi connectivity index (χ4n) is 1.52. The number of carbonyl (C=O) groups excluding carboxylic acids is 1. The number of benzene rings is 1. The molecule has 0 radical (unpaired) electrons. The van der Waals surface area contributed by atoms with Gasteiger partial charge in [0.1, 0.15) is 0 Å². The van der Waals surface area contributed by atoms with Crippen molar-refractivity contribution in [2.75, 3.05) is 17.7 Å². The normalized spacial score (nSPS) is 11.3. The van der Waals surface area contributed by atoms with Gasteiger partial charge in [-0.3, -0.25) is 4.79 Å². The van der Waals surface area contributed by atoms with E-state index in [9.17, 15) is 4.79 Å². The third kappa shape index (κ3) is 6.25. The predicted octanol–water partition coefficient (Wildman–Crippen LogP) is 3.19. The average molecular weight is 264 g/mol. The van der Waals surface area contributed by atoms with Crippen LogP contribution in [0.3, 0.4) is 0 Å². The number of nitrogen functional groups attached to an aromatic ring is 1. The van der Waals surface area contributed by atoms with Crippen molar-refractivity contribution in [3.05, 3.63) is 24.3 Å². The monoisotopic (exact) mass is 264 g/mol. The van der Waals surface area contributed by atoms with Crippen molar-refractivity contribution in [1.82, 2.24) is 0 Å². The van der Waals surface area contributed by atoms with E-state index in [2.05, 4.69) is 26.1 Å². The summed E-state index contributed by atoms with van der Waals surface area (Å²) in [5, 5.41) is 2.82. The summed E-state index contributed by atoms with van der Waals surface area (Å²) in [6.45, 7) is 6.80. The molecule has 4 heteroatoms. The molecule has 0 bridgehead atoms. The summed E-state index contributed by atoms with van der Waals surface area (Å²) in [7, 11) is 0. The lowest BCUT2D eigenvalue weighted by Gasteiger charge is -2.23. The minimum absolute atomic E-state index is 0.0106. The molecule has 0 heterocycles. The van der Waals surface area contributed by atoms with Gasteiger partial charge < -0.3 is 15.8 Å². The molecule has 19 heavy (non-hydrogen) atoms. The van der Waals surface area contributed by atoms with Gasteiger partial charge in [0.15, 0.2) is 0 Å². The van der Waals surface area contributed by atoms with E-state index < -0.39 is 0 Å². The highest BCUT2D eigenvalue weighted by Crippen LogP contribution is 2.15. The van der Waals surface area contributed by atoms with Crippen molar-refractivity contribution >= 4 is 17.3 Å². The Morgan fingerprint density at radius 3 is 2.79 bits per heavy atom. The molecule has 1 aromatic rings. The van der Waals surface area contributed by atoms with Crippen LogP contribution >= 0.6 is 0 Å². The van der Waals surface area contributed by atoms with E-state index in [0.717, 1.165) is 18.5 Å². The van der Waals surface area contributed by atoms with Crippen molar-refractivity contribution in [2.24, 2.45) is 0 Å². The van der Waals surface area contributed by atoms with Gasteiger partial charge in [0.2, 0.25) is 5.91 Å². The number of rotatable bonds is 7. The summed E-state index contributed by atoms with van der Waals surface area (Å²) in [5.74, 6) is -0.0106. The molecule has 0 aromatic heterocycles. The van der Waals surface area contributed by atoms with Crippen LogP contribution < -0.4 is 11.1 Å². The molecule has 0 spiro atoms. The lowest BCUT2D eigenvalue weighted by molar-refractivity contribution is -0.117. The van der Waals surface area contributed by atoms with Gasteiger partial charge in [-0.25, -0.2) is 0 Å². The molecule has 0 atom stereocenters. The topological polar surface area (TPSA) is 64.3 Å². The van der Waals surface area contributed by atoms with Gasteiger partial charge in [-0.1, -0.05) is 13.0 Å². The Morgan fingerprint density at radius 2 is 2.16 bits per heavy atom. The maximum Gasteiger partial charge on any atom is 0.224 e. The minimum Gasteiger partial charge on any atom is -0.399 e. The van der Waals surface area contributed by atoms with Gasteiger partial charge in [-0.05, 0) is 44.9 Å². The summed E-state index contributed by atoms with van der Waals surface area (Å²) in [6.07, 6.45) is 2.13. The number of nitrogens with one attached hydrogen (secondary N) is 1. The summed E-state index contributed by atoms with van der Waals surface area (Å²) in [5.41, 5.74) is 6.92. The van der Waals surface area contributed by atoms with Gasteiger partial charge in [-0.2, -0.15) is 0 Å². The first-order valence-corrected chi connectivity index (χ1v) is 6.72. The first-order chi connectivity index (χ1) is 8.93. The summed E-state index contributed by atoms with van der Waals surface area (Å²) in [4.78, 5) is 11.7. The molecule has 0 saturated heterocycles. The molecule has 0 aliphatic heterocycles. The van der Waals surface area contributed by atoms with Crippen LogP contribution in [0.5, 0.6) is 0 Å². The molecule has 1 rings (SSSR count). The Bertz CT molecular complexity index is 416. The van der Waals surface area contributed by atoms with Crippen LogP contribution in [0, 0.1) is 0 Å². The van der Waals surface area contributed by atoms with E-state index >= 15 is 0 Å². The second kappa shape index (κ2) is 7.14. The zero-order chi connectivity index (χ0) is 14.3. The third-order valence-corrected chi connectivity index (χ3v) is 3.06. The van der Waals surface area contributed by atoms with Crippen molar-refractivity contribution in [3.8, 4) is 0 Å². The van der Waals surface area contributed by atoms with Crippen LogP contribution in [0.4, 0.5) is 11.4 Å². The zero-order valence-electron chi connectivity index (χ0n) is 12.0. The van der Waals surface area contributed by atoms with Gasteiger partial charge in [0.25, 0.3) is 0 Å². The Kier molecular flexibility index (Phi) is 5.83. The minimum atomic E-state index is -0.107. The Labute approximate surface area is 115 Å². The SMILES string of the molecule is CCC(C)(C)OCCCC(=O)Nc1cccc(N)c1. The predicted molar refractivity (Wildman–Crippen MR) is 79.0 cm³/mol. The number of nitrogens with two attached hydrogens (primary N) is 1. The number of ether oxygens (including phenoxy) is 1. The average Bonchev–Trinajstić information content (AvgIpc) is 2.35. The maximum atomic E-state index is 11.7. The maximum absolute atomic E-state index is 11.7. The highest BCUT2D eigenvalue weighted by Gasteiger charge is 2.14. The molecule has 0 fully saturated rings. The summed E-state index contributed by atoms with van der Waals surface area (Å²) >= 11 is 0. The molecule has 1 aromatic carbocycles. The Hall–Kier alpha value is -1.55. The molecule has 3 N–H and O–H groups in total. The van der Waals surface area contributed by atoms with E-state index in [0.29, 0.717) is 18.7 Å². The smallest absolute Gasteiger partial charge is 0.224 e. The number of carbonyl (C=O) groups is 1. The first-order valence-electron chi connectivity index (χ1n) is 6.72. The van der Waals surface area contributed by atoms with Crippen LogP contribution in [-0.2, 0) is 9.53 Å². The van der Waals surface area contributed by atoms with E-state index in [1.807, 2.05) is 12.1 Å². The van der Waals surface area contributed by atoms with E-state index in [-0.39, 0.29) is 11.5 Å². The fourth-order valence-corrected chi connectivity index (χ4v) is 1.52. The molecule has 106 valence electrons. The molecule has 0 aliphatic carbocycles. The molecular formula is C15H24N2O2. The molecular weight excluding hydrogens is 240 g/mol. The summed E-state index contributed by atoms with van der Waals surface area (Å²) in [6, 6.07) is 7.17. The van der Waals surface area contributed by atoms with Crippen molar-refractivity contribution in [2.45, 2.75) is 45.6 Å². The quantitative estimate of drug-likeness (QED) is 0.587. The highest BCUT2D eigenvalue weighted by atomic mass is 16.5. The number of anilines is 2. The van der Waals surface area contributed by atoms with Crippen molar-refractivity contribution in [3.63, 3.8) is 0 Å². The first kappa shape index (κ1) is 15.5. The highest BCUT2D eigenvalue weighted by molar-refractivity contribution is 5.91. The summed E-state index contributed by atoms with van der Waals surface area (Å²) < 4.78 is 5.70. The van der Waals surface area contributed by atoms with Crippen molar-refractivity contribution in [1.29, 1.82) is 0 Å². The van der Waals surface area contributed by atoms with Gasteiger partial charge in [-0.15, -0.1) is 0 Å². The third-order valence-electron chi connectivity index (χ3n) is 3.06. The van der Waals surface area contributed by atoms with Crippen LogP contribution in [0.1, 0.15) is 40.0 Å².